The number of methoxy groups -OCH3 is 2. The summed E-state index contributed by atoms with van der Waals surface area (Å²) in [6.45, 7) is 4.92. The molecule has 3 rings (SSSR count). The Morgan fingerprint density at radius 1 is 1.07 bits per heavy atom. The van der Waals surface area contributed by atoms with Gasteiger partial charge in [-0.05, 0) is 47.9 Å². The third-order valence-electron chi connectivity index (χ3n) is 4.55. The van der Waals surface area contributed by atoms with E-state index in [0.29, 0.717) is 53.0 Å². The van der Waals surface area contributed by atoms with Crippen LogP contribution in [0.1, 0.15) is 29.8 Å². The number of ether oxygens (including phenoxy) is 4. The van der Waals surface area contributed by atoms with Crippen LogP contribution in [0.4, 0.5) is 5.69 Å². The van der Waals surface area contributed by atoms with Crippen LogP contribution in [0.2, 0.25) is 0 Å². The summed E-state index contributed by atoms with van der Waals surface area (Å²) in [6.07, 6.45) is 1.86. The molecule has 0 unspecified atom stereocenters. The summed E-state index contributed by atoms with van der Waals surface area (Å²) in [4.78, 5) is 13.2. The second kappa shape index (κ2) is 8.25. The van der Waals surface area contributed by atoms with Gasteiger partial charge in [0.25, 0.3) is 0 Å². The Morgan fingerprint density at radius 2 is 1.79 bits per heavy atom. The smallest absolute Gasteiger partial charge is 0.203 e. The minimum atomic E-state index is -0.0813. The van der Waals surface area contributed by atoms with Gasteiger partial charge in [-0.15, -0.1) is 0 Å². The minimum Gasteiger partial charge on any atom is -0.495 e. The van der Waals surface area contributed by atoms with Gasteiger partial charge in [-0.1, -0.05) is 13.8 Å². The number of carbonyl (C=O) groups is 1. The monoisotopic (exact) mass is 383 g/mol. The lowest BCUT2D eigenvalue weighted by atomic mass is 9.92. The highest BCUT2D eigenvalue weighted by Crippen LogP contribution is 2.41. The molecule has 1 aliphatic rings. The molecule has 2 aromatic rings. The molecule has 0 atom stereocenters. The van der Waals surface area contributed by atoms with Crippen LogP contribution in [0, 0.1) is 5.92 Å². The normalized spacial score (nSPS) is 13.4. The molecule has 0 aliphatic carbocycles. The summed E-state index contributed by atoms with van der Waals surface area (Å²) in [5.74, 6) is 2.19. The first kappa shape index (κ1) is 19.6. The Morgan fingerprint density at radius 3 is 2.46 bits per heavy atom. The van der Waals surface area contributed by atoms with Crippen LogP contribution in [0.25, 0.3) is 6.08 Å². The van der Waals surface area contributed by atoms with Crippen LogP contribution in [0.3, 0.4) is 0 Å². The summed E-state index contributed by atoms with van der Waals surface area (Å²) >= 11 is 0. The van der Waals surface area contributed by atoms with Crippen molar-refractivity contribution >= 4 is 17.5 Å². The van der Waals surface area contributed by atoms with Crippen LogP contribution < -0.4 is 24.7 Å². The fourth-order valence-electron chi connectivity index (χ4n) is 3.07. The van der Waals surface area contributed by atoms with Crippen molar-refractivity contribution in [3.05, 3.63) is 47.0 Å². The van der Waals surface area contributed by atoms with Gasteiger partial charge >= 0.3 is 0 Å². The zero-order valence-electron chi connectivity index (χ0n) is 16.6. The van der Waals surface area contributed by atoms with Gasteiger partial charge in [0, 0.05) is 11.1 Å². The Hall–Kier alpha value is -3.15. The van der Waals surface area contributed by atoms with Gasteiger partial charge in [0.2, 0.25) is 5.75 Å². The molecule has 0 aromatic heterocycles. The second-order valence-corrected chi connectivity index (χ2v) is 6.79. The van der Waals surface area contributed by atoms with Gasteiger partial charge in [0.05, 0.1) is 19.9 Å². The number of hydrogen-bond acceptors (Lipinski definition) is 6. The van der Waals surface area contributed by atoms with E-state index in [1.165, 1.54) is 7.11 Å². The number of allylic oxidation sites excluding steroid dienone is 1. The maximum absolute atomic E-state index is 13.2. The van der Waals surface area contributed by atoms with Crippen molar-refractivity contribution in [1.82, 2.24) is 0 Å². The fraction of sp³-hybridized carbons (Fsp3) is 0.318. The highest BCUT2D eigenvalue weighted by Gasteiger charge is 2.21. The summed E-state index contributed by atoms with van der Waals surface area (Å²) in [5.41, 5.74) is 8.34. The topological polar surface area (TPSA) is 80.0 Å². The molecule has 6 heteroatoms. The zero-order valence-corrected chi connectivity index (χ0v) is 16.6. The lowest BCUT2D eigenvalue weighted by Crippen LogP contribution is -2.16. The molecule has 2 aromatic carbocycles. The second-order valence-electron chi connectivity index (χ2n) is 6.79. The number of nitrogen functional groups attached to an aromatic ring is 1. The van der Waals surface area contributed by atoms with Crippen LogP contribution in [-0.2, 0) is 0 Å². The maximum atomic E-state index is 13.2. The Bertz CT molecular complexity index is 900. The fourth-order valence-corrected chi connectivity index (χ4v) is 3.07. The van der Waals surface area contributed by atoms with E-state index in [1.807, 2.05) is 32.1 Å². The van der Waals surface area contributed by atoms with Crippen molar-refractivity contribution in [1.29, 1.82) is 0 Å². The van der Waals surface area contributed by atoms with Crippen LogP contribution in [-0.4, -0.2) is 33.2 Å². The molecule has 1 aliphatic heterocycles. The highest BCUT2D eigenvalue weighted by atomic mass is 16.6. The molecule has 0 saturated carbocycles. The number of fused-ring (bicyclic) bond motifs is 1. The quantitative estimate of drug-likeness (QED) is 0.462. The molecule has 0 radical (unpaired) electrons. The number of carbonyl (C=O) groups excluding carboxylic acids is 1. The van der Waals surface area contributed by atoms with Crippen LogP contribution >= 0.6 is 0 Å². The van der Waals surface area contributed by atoms with Crippen molar-refractivity contribution in [2.75, 3.05) is 33.2 Å². The molecule has 28 heavy (non-hydrogen) atoms. The van der Waals surface area contributed by atoms with Crippen molar-refractivity contribution in [2.45, 2.75) is 13.8 Å². The number of benzene rings is 2. The number of hydrogen-bond donors (Lipinski definition) is 1. The first-order chi connectivity index (χ1) is 13.4. The average Bonchev–Trinajstić information content (AvgIpc) is 2.71. The molecule has 0 bridgehead atoms. The average molecular weight is 383 g/mol. The SMILES string of the molecule is COc1cc(C(=O)/C(=C/c2cc(OC)c3c(c2)OCCO3)C(C)C)ccc1N. The third kappa shape index (κ3) is 3.91. The predicted molar refractivity (Wildman–Crippen MR) is 109 cm³/mol. The van der Waals surface area contributed by atoms with Crippen molar-refractivity contribution in [3.8, 4) is 23.0 Å². The molecule has 0 spiro atoms. The van der Waals surface area contributed by atoms with Crippen molar-refractivity contribution in [3.63, 3.8) is 0 Å². The molecular formula is C22H25NO5. The van der Waals surface area contributed by atoms with Gasteiger partial charge < -0.3 is 24.7 Å². The van der Waals surface area contributed by atoms with E-state index in [-0.39, 0.29) is 11.7 Å². The predicted octanol–water partition coefficient (Wildman–Crippen LogP) is 3.98. The van der Waals surface area contributed by atoms with E-state index in [0.717, 1.165) is 5.56 Å². The number of Topliss-reactive ketones (excluding diaryl/α,β-unsaturated/α-hetero) is 1. The van der Waals surface area contributed by atoms with E-state index in [9.17, 15) is 4.79 Å². The molecule has 148 valence electrons. The number of anilines is 1. The van der Waals surface area contributed by atoms with Gasteiger partial charge in [-0.2, -0.15) is 0 Å². The lowest BCUT2D eigenvalue weighted by molar-refractivity contribution is 0.102. The zero-order chi connectivity index (χ0) is 20.3. The summed E-state index contributed by atoms with van der Waals surface area (Å²) in [7, 11) is 3.11. The maximum Gasteiger partial charge on any atom is 0.203 e. The summed E-state index contributed by atoms with van der Waals surface area (Å²) in [6, 6.07) is 8.75. The molecule has 0 amide bonds. The van der Waals surface area contributed by atoms with Gasteiger partial charge in [0.15, 0.2) is 17.3 Å². The van der Waals surface area contributed by atoms with Gasteiger partial charge in [-0.3, -0.25) is 4.79 Å². The first-order valence-corrected chi connectivity index (χ1v) is 9.12. The minimum absolute atomic E-state index is 0.00948. The third-order valence-corrected chi connectivity index (χ3v) is 4.55. The van der Waals surface area contributed by atoms with Gasteiger partial charge in [0.1, 0.15) is 19.0 Å². The Kier molecular flexibility index (Phi) is 5.78. The highest BCUT2D eigenvalue weighted by molar-refractivity contribution is 6.12. The molecule has 6 nitrogen and oxygen atoms in total. The summed E-state index contributed by atoms with van der Waals surface area (Å²) < 4.78 is 22.0. The Balaban J connectivity index is 2.03. The molecule has 1 heterocycles. The van der Waals surface area contributed by atoms with Gasteiger partial charge in [-0.25, -0.2) is 0 Å². The Labute approximate surface area is 164 Å². The van der Waals surface area contributed by atoms with Crippen molar-refractivity contribution in [2.24, 2.45) is 5.92 Å². The van der Waals surface area contributed by atoms with E-state index >= 15 is 0 Å². The lowest BCUT2D eigenvalue weighted by Gasteiger charge is -2.21. The van der Waals surface area contributed by atoms with E-state index in [2.05, 4.69) is 0 Å². The number of rotatable bonds is 6. The number of nitrogens with two attached hydrogens (primary N) is 1. The standard InChI is InChI=1S/C22H25NO5/c1-13(2)16(21(24)15-5-6-17(23)18(12-15)25-3)9-14-10-19(26-4)22-20(11-14)27-7-8-28-22/h5-6,9-13H,7-8,23H2,1-4H3/b16-9+. The largest absolute Gasteiger partial charge is 0.495 e. The molecule has 0 fully saturated rings. The van der Waals surface area contributed by atoms with Crippen LogP contribution in [0.5, 0.6) is 23.0 Å². The molecular weight excluding hydrogens is 358 g/mol. The molecule has 2 N–H and O–H groups in total. The van der Waals surface area contributed by atoms with E-state index in [4.69, 9.17) is 24.7 Å². The van der Waals surface area contributed by atoms with E-state index < -0.39 is 0 Å². The van der Waals surface area contributed by atoms with Crippen molar-refractivity contribution < 1.29 is 23.7 Å². The first-order valence-electron chi connectivity index (χ1n) is 9.12. The van der Waals surface area contributed by atoms with E-state index in [1.54, 1.807) is 25.3 Å². The summed E-state index contributed by atoms with van der Waals surface area (Å²) in [5, 5.41) is 0. The molecule has 0 saturated heterocycles. The van der Waals surface area contributed by atoms with Crippen LogP contribution in [0.15, 0.2) is 35.9 Å². The number of ketones is 1.